The highest BCUT2D eigenvalue weighted by atomic mass is 15.0. The maximum atomic E-state index is 2.55. The van der Waals surface area contributed by atoms with Crippen LogP contribution in [0.15, 0.2) is 231 Å². The molecule has 0 saturated heterocycles. The van der Waals surface area contributed by atoms with E-state index in [0.29, 0.717) is 0 Å². The van der Waals surface area contributed by atoms with Crippen LogP contribution in [0.1, 0.15) is 18.5 Å². The second-order valence-electron chi connectivity index (χ2n) is 15.6. The van der Waals surface area contributed by atoms with Crippen LogP contribution < -0.4 is 0 Å². The summed E-state index contributed by atoms with van der Waals surface area (Å²) in [7, 11) is 0. The van der Waals surface area contributed by atoms with Gasteiger partial charge in [0.05, 0.1) is 34.2 Å². The lowest BCUT2D eigenvalue weighted by Gasteiger charge is -2.25. The fourth-order valence-corrected chi connectivity index (χ4v) is 9.17. The molecule has 0 fully saturated rings. The second-order valence-corrected chi connectivity index (χ2v) is 15.6. The van der Waals surface area contributed by atoms with E-state index in [1.807, 2.05) is 0 Å². The smallest absolute Gasteiger partial charge is 0.0620 e. The summed E-state index contributed by atoms with van der Waals surface area (Å²) in [5.74, 6) is 0. The zero-order valence-corrected chi connectivity index (χ0v) is 33.2. The van der Waals surface area contributed by atoms with Crippen LogP contribution in [0.3, 0.4) is 0 Å². The third-order valence-corrected chi connectivity index (χ3v) is 12.0. The van der Waals surface area contributed by atoms with Crippen molar-refractivity contribution in [1.29, 1.82) is 0 Å². The van der Waals surface area contributed by atoms with E-state index in [4.69, 9.17) is 0 Å². The van der Waals surface area contributed by atoms with Crippen LogP contribution in [-0.4, -0.2) is 9.13 Å². The van der Waals surface area contributed by atoms with E-state index >= 15 is 0 Å². The molecule has 2 heteroatoms. The van der Waals surface area contributed by atoms with Crippen molar-refractivity contribution < 1.29 is 0 Å². The van der Waals surface area contributed by atoms with Gasteiger partial charge >= 0.3 is 0 Å². The first-order valence-electron chi connectivity index (χ1n) is 20.9. The van der Waals surface area contributed by atoms with Gasteiger partial charge in [0.15, 0.2) is 0 Å². The summed E-state index contributed by atoms with van der Waals surface area (Å²) < 4.78 is 5.07. The summed E-state index contributed by atoms with van der Waals surface area (Å²) in [5, 5.41) is 4.74. The Kier molecular flexibility index (Phi) is 9.02. The number of nitrogens with zero attached hydrogens (tertiary/aromatic N) is 2. The van der Waals surface area contributed by atoms with Gasteiger partial charge in [0.2, 0.25) is 0 Å². The quantitative estimate of drug-likeness (QED) is 0.136. The molecule has 0 N–H and O–H groups in total. The number of hydrogen-bond donors (Lipinski definition) is 0. The highest BCUT2D eigenvalue weighted by Crippen LogP contribution is 2.47. The van der Waals surface area contributed by atoms with Crippen molar-refractivity contribution in [3.8, 4) is 67.4 Å². The zero-order chi connectivity index (χ0) is 39.8. The van der Waals surface area contributed by atoms with Crippen LogP contribution >= 0.6 is 0 Å². The van der Waals surface area contributed by atoms with E-state index < -0.39 is 0 Å². The molecular weight excluding hydrogens is 725 g/mol. The summed E-state index contributed by atoms with van der Waals surface area (Å²) in [6.45, 7) is 0. The van der Waals surface area contributed by atoms with Gasteiger partial charge in [-0.1, -0.05) is 194 Å². The molecule has 0 saturated carbocycles. The van der Waals surface area contributed by atoms with Crippen LogP contribution in [-0.2, 0) is 0 Å². The lowest BCUT2D eigenvalue weighted by atomic mass is 9.91. The van der Waals surface area contributed by atoms with E-state index in [9.17, 15) is 0 Å². The molecule has 0 bridgehead atoms. The second kappa shape index (κ2) is 15.2. The van der Waals surface area contributed by atoms with Crippen molar-refractivity contribution in [2.45, 2.75) is 12.8 Å². The standard InChI is InChI=1S/C58H42N2/c1-7-19-41(20-8-1)47-31-33-49-51(39-47)57(59-53(43-23-11-3-12-24-43)35-36-54(59)44-25-13-4-14-26-44)50-34-32-48(42-21-9-2-10-22-42)40-52(50)58(49)60-55(45-27-15-5-16-28-45)37-38-56(60)46-29-17-6-18-30-46/h1-5,7-17,19-40H,6,18H2. The van der Waals surface area contributed by atoms with Gasteiger partial charge in [0.1, 0.15) is 0 Å². The van der Waals surface area contributed by atoms with Crippen molar-refractivity contribution in [3.63, 3.8) is 0 Å². The van der Waals surface area contributed by atoms with Crippen molar-refractivity contribution in [3.05, 3.63) is 236 Å². The van der Waals surface area contributed by atoms with Crippen molar-refractivity contribution in [2.75, 3.05) is 0 Å². The maximum absolute atomic E-state index is 2.55. The van der Waals surface area contributed by atoms with E-state index in [1.54, 1.807) is 0 Å². The molecule has 0 amide bonds. The first-order chi connectivity index (χ1) is 29.8. The van der Waals surface area contributed by atoms with Gasteiger partial charge in [-0.3, -0.25) is 0 Å². The van der Waals surface area contributed by atoms with Gasteiger partial charge in [0, 0.05) is 21.5 Å². The number of hydrogen-bond acceptors (Lipinski definition) is 0. The van der Waals surface area contributed by atoms with Crippen LogP contribution in [0.25, 0.3) is 94.5 Å². The average Bonchev–Trinajstić information content (AvgIpc) is 3.98. The van der Waals surface area contributed by atoms with Gasteiger partial charge in [-0.15, -0.1) is 0 Å². The fraction of sp³-hybridized carbons (Fsp3) is 0.0345. The monoisotopic (exact) mass is 766 g/mol. The molecule has 0 atom stereocenters. The van der Waals surface area contributed by atoms with Gasteiger partial charge in [-0.05, 0) is 93.8 Å². The molecule has 0 unspecified atom stereocenters. The van der Waals surface area contributed by atoms with Crippen LogP contribution in [0.2, 0.25) is 0 Å². The average molecular weight is 767 g/mol. The predicted molar refractivity (Wildman–Crippen MR) is 254 cm³/mol. The first kappa shape index (κ1) is 35.5. The van der Waals surface area contributed by atoms with Gasteiger partial charge in [-0.2, -0.15) is 0 Å². The maximum Gasteiger partial charge on any atom is 0.0620 e. The molecule has 284 valence electrons. The molecule has 0 aliphatic heterocycles. The molecule has 11 rings (SSSR count). The van der Waals surface area contributed by atoms with Crippen molar-refractivity contribution >= 4 is 27.1 Å². The van der Waals surface area contributed by atoms with E-state index in [1.165, 1.54) is 77.4 Å². The summed E-state index contributed by atoms with van der Waals surface area (Å²) in [5.41, 5.74) is 16.5. The minimum atomic E-state index is 1.02. The van der Waals surface area contributed by atoms with E-state index in [2.05, 4.69) is 240 Å². The lowest BCUT2D eigenvalue weighted by Crippen LogP contribution is -2.08. The zero-order valence-electron chi connectivity index (χ0n) is 33.2. The van der Waals surface area contributed by atoms with Gasteiger partial charge in [-0.25, -0.2) is 0 Å². The molecule has 2 heterocycles. The third kappa shape index (κ3) is 6.22. The summed E-state index contributed by atoms with van der Waals surface area (Å²) in [4.78, 5) is 0. The van der Waals surface area contributed by atoms with Crippen LogP contribution in [0.4, 0.5) is 0 Å². The SMILES string of the molecule is C1=CC(c2ccc(-c3ccccc3)n2-c2c3cc(-c4ccccc4)ccc3c(-n3c(-c4ccccc4)ccc3-c3ccccc3)c3cc(-c4ccccc4)ccc23)=CCC1. The van der Waals surface area contributed by atoms with Crippen molar-refractivity contribution in [2.24, 2.45) is 0 Å². The Morgan fingerprint density at radius 1 is 0.283 bits per heavy atom. The largest absolute Gasteiger partial charge is 0.308 e. The third-order valence-electron chi connectivity index (χ3n) is 12.0. The Hall–Kier alpha value is -7.68. The fourth-order valence-electron chi connectivity index (χ4n) is 9.17. The number of allylic oxidation sites excluding steroid dienone is 4. The minimum absolute atomic E-state index is 1.02. The van der Waals surface area contributed by atoms with Gasteiger partial charge < -0.3 is 9.13 Å². The topological polar surface area (TPSA) is 9.86 Å². The Labute approximate surface area is 351 Å². The highest BCUT2D eigenvalue weighted by molar-refractivity contribution is 6.17. The number of benzene rings is 8. The molecular formula is C58H42N2. The minimum Gasteiger partial charge on any atom is -0.308 e. The number of rotatable bonds is 8. The Morgan fingerprint density at radius 3 is 1.03 bits per heavy atom. The molecule has 2 nitrogen and oxygen atoms in total. The molecule has 1 aliphatic carbocycles. The van der Waals surface area contributed by atoms with Gasteiger partial charge in [0.25, 0.3) is 0 Å². The highest BCUT2D eigenvalue weighted by Gasteiger charge is 2.25. The summed E-state index contributed by atoms with van der Waals surface area (Å²) >= 11 is 0. The molecule has 60 heavy (non-hydrogen) atoms. The predicted octanol–water partition coefficient (Wildman–Crippen LogP) is 15.6. The van der Waals surface area contributed by atoms with Crippen LogP contribution in [0, 0.1) is 0 Å². The molecule has 2 aromatic heterocycles. The summed E-state index contributed by atoms with van der Waals surface area (Å²) in [6, 6.07) is 77.6. The molecule has 8 aromatic carbocycles. The molecule has 1 aliphatic rings. The van der Waals surface area contributed by atoms with Crippen LogP contribution in [0.5, 0.6) is 0 Å². The van der Waals surface area contributed by atoms with E-state index in [0.717, 1.165) is 35.6 Å². The first-order valence-corrected chi connectivity index (χ1v) is 20.9. The molecule has 10 aromatic rings. The Morgan fingerprint density at radius 2 is 0.650 bits per heavy atom. The number of fused-ring (bicyclic) bond motifs is 2. The van der Waals surface area contributed by atoms with Crippen molar-refractivity contribution in [1.82, 2.24) is 9.13 Å². The lowest BCUT2D eigenvalue weighted by molar-refractivity contribution is 1.02. The summed E-state index contributed by atoms with van der Waals surface area (Å²) in [6.07, 6.45) is 9.11. The number of aromatic nitrogens is 2. The Bertz CT molecular complexity index is 3150. The Balaban J connectivity index is 1.35. The molecule has 0 spiro atoms. The normalized spacial score (nSPS) is 12.6. The van der Waals surface area contributed by atoms with E-state index in [-0.39, 0.29) is 0 Å². The molecule has 0 radical (unpaired) electrons.